The Morgan fingerprint density at radius 1 is 0.897 bits per heavy atom. The number of aldehydes is 1. The molecule has 0 radical (unpaired) electrons. The number of amides is 4. The van der Waals surface area contributed by atoms with E-state index in [4.69, 9.17) is 11.5 Å². The van der Waals surface area contributed by atoms with Gasteiger partial charge in [0.05, 0.1) is 6.04 Å². The minimum atomic E-state index is -0.963. The summed E-state index contributed by atoms with van der Waals surface area (Å²) < 4.78 is 0. The molecule has 0 saturated heterocycles. The van der Waals surface area contributed by atoms with Crippen molar-refractivity contribution in [2.75, 3.05) is 6.54 Å². The van der Waals surface area contributed by atoms with Crippen LogP contribution in [0.15, 0.2) is 4.99 Å². The molecule has 0 aliphatic rings. The Hall–Kier alpha value is -3.18. The van der Waals surface area contributed by atoms with Gasteiger partial charge in [-0.25, -0.2) is 0 Å². The third-order valence-electron chi connectivity index (χ3n) is 3.72. The van der Waals surface area contributed by atoms with E-state index in [-0.39, 0.29) is 18.9 Å². The third kappa shape index (κ3) is 11.3. The molecule has 12 heteroatoms. The number of hydrogen-bond acceptors (Lipinski definition) is 6. The van der Waals surface area contributed by atoms with Gasteiger partial charge < -0.3 is 37.5 Å². The smallest absolute Gasteiger partial charge is 0.243 e. The van der Waals surface area contributed by atoms with Gasteiger partial charge in [0.2, 0.25) is 23.6 Å². The molecule has 164 valence electrons. The second-order valence-corrected chi connectivity index (χ2v) is 6.60. The molecule has 0 aromatic rings. The minimum absolute atomic E-state index is 0.0727. The molecule has 0 aromatic heterocycles. The Kier molecular flexibility index (Phi) is 11.6. The van der Waals surface area contributed by atoms with Crippen LogP contribution in [0.1, 0.15) is 40.5 Å². The van der Waals surface area contributed by atoms with E-state index in [9.17, 15) is 24.0 Å². The van der Waals surface area contributed by atoms with Gasteiger partial charge in [-0.3, -0.25) is 24.2 Å². The molecule has 0 heterocycles. The highest BCUT2D eigenvalue weighted by atomic mass is 16.2. The van der Waals surface area contributed by atoms with E-state index in [1.165, 1.54) is 27.7 Å². The number of nitrogens with two attached hydrogens (primary N) is 2. The van der Waals surface area contributed by atoms with Gasteiger partial charge in [0.1, 0.15) is 24.4 Å². The third-order valence-corrected chi connectivity index (χ3v) is 3.72. The van der Waals surface area contributed by atoms with Crippen molar-refractivity contribution < 1.29 is 24.0 Å². The molecule has 0 fully saturated rings. The van der Waals surface area contributed by atoms with Crippen LogP contribution < -0.4 is 32.7 Å². The molecule has 12 nitrogen and oxygen atoms in total. The predicted molar refractivity (Wildman–Crippen MR) is 106 cm³/mol. The zero-order valence-electron chi connectivity index (χ0n) is 17.2. The first kappa shape index (κ1) is 25.8. The van der Waals surface area contributed by atoms with Crippen molar-refractivity contribution in [3.63, 3.8) is 0 Å². The van der Waals surface area contributed by atoms with Crippen molar-refractivity contribution in [1.82, 2.24) is 21.3 Å². The van der Waals surface area contributed by atoms with Crippen molar-refractivity contribution in [2.24, 2.45) is 16.5 Å². The van der Waals surface area contributed by atoms with Gasteiger partial charge in [0, 0.05) is 13.5 Å². The summed E-state index contributed by atoms with van der Waals surface area (Å²) in [6.45, 7) is 5.94. The lowest BCUT2D eigenvalue weighted by Crippen LogP contribution is -2.55. The van der Waals surface area contributed by atoms with Crippen molar-refractivity contribution in [3.8, 4) is 0 Å². The molecule has 0 aliphatic heterocycles. The summed E-state index contributed by atoms with van der Waals surface area (Å²) in [7, 11) is 0. The van der Waals surface area contributed by atoms with Crippen LogP contribution in [0.2, 0.25) is 0 Å². The quantitative estimate of drug-likeness (QED) is 0.0862. The molecule has 29 heavy (non-hydrogen) atoms. The van der Waals surface area contributed by atoms with Crippen LogP contribution >= 0.6 is 0 Å². The van der Waals surface area contributed by atoms with Crippen LogP contribution in [0.3, 0.4) is 0 Å². The largest absolute Gasteiger partial charge is 0.370 e. The fourth-order valence-electron chi connectivity index (χ4n) is 2.18. The first-order valence-corrected chi connectivity index (χ1v) is 9.16. The summed E-state index contributed by atoms with van der Waals surface area (Å²) in [5, 5.41) is 9.85. The summed E-state index contributed by atoms with van der Waals surface area (Å²) in [5.74, 6) is -2.16. The van der Waals surface area contributed by atoms with E-state index in [2.05, 4.69) is 26.3 Å². The average molecular weight is 413 g/mol. The van der Waals surface area contributed by atoms with Crippen LogP contribution in [0.5, 0.6) is 0 Å². The monoisotopic (exact) mass is 413 g/mol. The molecule has 0 aliphatic carbocycles. The first-order valence-electron chi connectivity index (χ1n) is 9.16. The normalized spacial score (nSPS) is 14.3. The number of rotatable bonds is 12. The summed E-state index contributed by atoms with van der Waals surface area (Å²) in [6.07, 6.45) is 1.26. The van der Waals surface area contributed by atoms with Crippen LogP contribution in [0.25, 0.3) is 0 Å². The number of carbonyl (C=O) groups is 5. The molecule has 4 atom stereocenters. The number of aliphatic imine (C=N–C) groups is 1. The Labute approximate surface area is 169 Å². The van der Waals surface area contributed by atoms with Crippen molar-refractivity contribution in [3.05, 3.63) is 0 Å². The lowest BCUT2D eigenvalue weighted by molar-refractivity contribution is -0.133. The lowest BCUT2D eigenvalue weighted by atomic mass is 10.1. The standard InChI is InChI=1S/C17H31N7O5/c1-9(8-25)21-14(27)10(2)22-15(28)11(3)23-16(29)13(24-12(4)26)6-5-7-20-17(18)19/h8-11,13H,5-7H2,1-4H3,(H,21,27)(H,22,28)(H,23,29)(H,24,26)(H4,18,19,20)/t9?,10?,11?,13-/m1/s1. The van der Waals surface area contributed by atoms with Crippen LogP contribution in [0, 0.1) is 0 Å². The molecule has 4 amide bonds. The van der Waals surface area contributed by atoms with E-state index < -0.39 is 47.8 Å². The van der Waals surface area contributed by atoms with Crippen LogP contribution in [-0.4, -0.2) is 66.6 Å². The van der Waals surface area contributed by atoms with Gasteiger partial charge in [0.25, 0.3) is 0 Å². The minimum Gasteiger partial charge on any atom is -0.370 e. The predicted octanol–water partition coefficient (Wildman–Crippen LogP) is -2.74. The van der Waals surface area contributed by atoms with Gasteiger partial charge >= 0.3 is 0 Å². The van der Waals surface area contributed by atoms with Gasteiger partial charge in [-0.2, -0.15) is 0 Å². The molecular formula is C17H31N7O5. The molecule has 0 rings (SSSR count). The second kappa shape index (κ2) is 13.1. The van der Waals surface area contributed by atoms with Gasteiger partial charge in [0.15, 0.2) is 5.96 Å². The van der Waals surface area contributed by atoms with Crippen molar-refractivity contribution in [2.45, 2.75) is 64.7 Å². The maximum Gasteiger partial charge on any atom is 0.243 e. The highest BCUT2D eigenvalue weighted by molar-refractivity contribution is 5.94. The summed E-state index contributed by atoms with van der Waals surface area (Å²) in [4.78, 5) is 62.2. The number of hydrogen-bond donors (Lipinski definition) is 6. The summed E-state index contributed by atoms with van der Waals surface area (Å²) in [6, 6.07) is -3.42. The molecule has 0 spiro atoms. The Morgan fingerprint density at radius 2 is 1.41 bits per heavy atom. The average Bonchev–Trinajstić information content (AvgIpc) is 2.62. The fourth-order valence-corrected chi connectivity index (χ4v) is 2.18. The Balaban J connectivity index is 4.74. The molecule has 0 bridgehead atoms. The molecule has 8 N–H and O–H groups in total. The van der Waals surface area contributed by atoms with E-state index in [0.29, 0.717) is 12.7 Å². The van der Waals surface area contributed by atoms with E-state index in [1.807, 2.05) is 0 Å². The van der Waals surface area contributed by atoms with Crippen molar-refractivity contribution in [1.29, 1.82) is 0 Å². The van der Waals surface area contributed by atoms with Gasteiger partial charge in [-0.05, 0) is 33.6 Å². The maximum absolute atomic E-state index is 12.4. The zero-order valence-corrected chi connectivity index (χ0v) is 17.2. The second-order valence-electron chi connectivity index (χ2n) is 6.60. The highest BCUT2D eigenvalue weighted by Crippen LogP contribution is 2.00. The SMILES string of the molecule is CC(=O)N[C@H](CCCN=C(N)N)C(=O)NC(C)C(=O)NC(C)C(=O)NC(C)C=O. The van der Waals surface area contributed by atoms with Crippen LogP contribution in [-0.2, 0) is 24.0 Å². The first-order chi connectivity index (χ1) is 13.5. The maximum atomic E-state index is 12.4. The number of guanidine groups is 1. The number of nitrogens with zero attached hydrogens (tertiary/aromatic N) is 1. The topological polar surface area (TPSA) is 198 Å². The Morgan fingerprint density at radius 3 is 1.90 bits per heavy atom. The Bertz CT molecular complexity index is 634. The molecule has 0 saturated carbocycles. The molecule has 3 unspecified atom stereocenters. The number of nitrogens with one attached hydrogen (secondary N) is 4. The lowest BCUT2D eigenvalue weighted by Gasteiger charge is -2.22. The summed E-state index contributed by atoms with van der Waals surface area (Å²) >= 11 is 0. The van der Waals surface area contributed by atoms with E-state index in [0.717, 1.165) is 0 Å². The summed E-state index contributed by atoms with van der Waals surface area (Å²) in [5.41, 5.74) is 10.5. The number of carbonyl (C=O) groups excluding carboxylic acids is 5. The molecular weight excluding hydrogens is 382 g/mol. The van der Waals surface area contributed by atoms with E-state index >= 15 is 0 Å². The van der Waals surface area contributed by atoms with E-state index in [1.54, 1.807) is 0 Å². The van der Waals surface area contributed by atoms with Crippen molar-refractivity contribution >= 4 is 35.9 Å². The van der Waals surface area contributed by atoms with Gasteiger partial charge in [-0.1, -0.05) is 0 Å². The molecule has 0 aromatic carbocycles. The zero-order chi connectivity index (χ0) is 22.6. The highest BCUT2D eigenvalue weighted by Gasteiger charge is 2.25. The van der Waals surface area contributed by atoms with Crippen LogP contribution in [0.4, 0.5) is 0 Å². The van der Waals surface area contributed by atoms with Gasteiger partial charge in [-0.15, -0.1) is 0 Å². The fraction of sp³-hybridized carbons (Fsp3) is 0.647.